The van der Waals surface area contributed by atoms with E-state index in [4.69, 9.17) is 0 Å². The van der Waals surface area contributed by atoms with E-state index in [2.05, 4.69) is 5.32 Å². The molecular formula is C22H18F9N3O3. The van der Waals surface area contributed by atoms with Crippen molar-refractivity contribution in [1.82, 2.24) is 10.2 Å². The summed E-state index contributed by atoms with van der Waals surface area (Å²) in [6.07, 6.45) is -12.1. The molecule has 2 N–H and O–H groups in total. The number of nitrogens with one attached hydrogen (secondary N) is 1. The Labute approximate surface area is 203 Å². The molecule has 6 nitrogen and oxygen atoms in total. The molecule has 0 aliphatic carbocycles. The van der Waals surface area contributed by atoms with Crippen molar-refractivity contribution >= 4 is 17.7 Å². The van der Waals surface area contributed by atoms with Crippen LogP contribution in [0.2, 0.25) is 0 Å². The fourth-order valence-electron chi connectivity index (χ4n) is 3.87. The van der Waals surface area contributed by atoms with Crippen LogP contribution in [0.5, 0.6) is 0 Å². The molecule has 1 aliphatic rings. The summed E-state index contributed by atoms with van der Waals surface area (Å²) in [7, 11) is 0. The number of piperazine rings is 1. The van der Waals surface area contributed by atoms with Crippen molar-refractivity contribution in [2.24, 2.45) is 0 Å². The number of benzene rings is 2. The molecular weight excluding hydrogens is 525 g/mol. The minimum Gasteiger partial charge on any atom is -0.465 e. The summed E-state index contributed by atoms with van der Waals surface area (Å²) >= 11 is 0. The topological polar surface area (TPSA) is 72.9 Å². The van der Waals surface area contributed by atoms with E-state index in [0.29, 0.717) is 24.3 Å². The van der Waals surface area contributed by atoms with Crippen LogP contribution < -0.4 is 10.2 Å². The van der Waals surface area contributed by atoms with Gasteiger partial charge in [-0.05, 0) is 30.2 Å². The predicted molar refractivity (Wildman–Crippen MR) is 110 cm³/mol. The van der Waals surface area contributed by atoms with Gasteiger partial charge in [0.2, 0.25) is 5.91 Å². The lowest BCUT2D eigenvalue weighted by atomic mass is 10.0. The molecule has 202 valence electrons. The number of nitrogens with zero attached hydrogens (tertiary/aromatic N) is 2. The first-order valence-electron chi connectivity index (χ1n) is 10.5. The summed E-state index contributed by atoms with van der Waals surface area (Å²) in [5.41, 5.74) is -4.27. The number of anilines is 1. The summed E-state index contributed by atoms with van der Waals surface area (Å²) in [5, 5.41) is 11.5. The highest BCUT2D eigenvalue weighted by Crippen LogP contribution is 2.36. The van der Waals surface area contributed by atoms with E-state index in [1.54, 1.807) is 0 Å². The van der Waals surface area contributed by atoms with Gasteiger partial charge in [-0.25, -0.2) is 18.0 Å². The first-order valence-corrected chi connectivity index (χ1v) is 10.5. The predicted octanol–water partition coefficient (Wildman–Crippen LogP) is 4.67. The van der Waals surface area contributed by atoms with Gasteiger partial charge in [-0.15, -0.1) is 0 Å². The van der Waals surface area contributed by atoms with Crippen molar-refractivity contribution in [3.8, 4) is 0 Å². The van der Waals surface area contributed by atoms with Crippen molar-refractivity contribution in [2.75, 3.05) is 31.1 Å². The molecule has 0 bridgehead atoms. The highest BCUT2D eigenvalue weighted by molar-refractivity contribution is 5.86. The second-order valence-electron chi connectivity index (χ2n) is 8.11. The molecule has 0 aromatic heterocycles. The number of carboxylic acid groups (broad SMARTS) is 1. The molecule has 0 saturated carbocycles. The van der Waals surface area contributed by atoms with E-state index in [1.165, 1.54) is 0 Å². The van der Waals surface area contributed by atoms with Crippen LogP contribution in [-0.4, -0.2) is 54.2 Å². The SMILES string of the molecule is O=C(NCCc1cc(C(F)(F)F)cc(C(F)(F)F)c1)C1CN(C(=O)O)CCN1c1c(F)cc(F)cc1F. The van der Waals surface area contributed by atoms with Crippen molar-refractivity contribution in [2.45, 2.75) is 24.8 Å². The Morgan fingerprint density at radius 2 is 1.43 bits per heavy atom. The Hall–Kier alpha value is -3.65. The van der Waals surface area contributed by atoms with Gasteiger partial charge in [-0.3, -0.25) is 4.79 Å². The molecule has 2 aromatic rings. The molecule has 37 heavy (non-hydrogen) atoms. The standard InChI is InChI=1S/C22H18F9N3O3/c23-14-8-15(24)18(16(25)9-14)34-4-3-33(20(36)37)10-17(34)19(35)32-2-1-11-5-12(21(26,27)28)7-13(6-11)22(29,30)31/h5-9,17H,1-4,10H2,(H,32,35)(H,36,37). The van der Waals surface area contributed by atoms with Crippen LogP contribution in [0.3, 0.4) is 0 Å². The van der Waals surface area contributed by atoms with E-state index >= 15 is 0 Å². The highest BCUT2D eigenvalue weighted by Gasteiger charge is 2.38. The van der Waals surface area contributed by atoms with E-state index in [-0.39, 0.29) is 19.2 Å². The lowest BCUT2D eigenvalue weighted by Gasteiger charge is -2.40. The number of alkyl halides is 6. The molecule has 1 unspecified atom stereocenters. The number of hydrogen-bond donors (Lipinski definition) is 2. The molecule has 3 rings (SSSR count). The Morgan fingerprint density at radius 1 is 0.892 bits per heavy atom. The number of rotatable bonds is 5. The lowest BCUT2D eigenvalue weighted by Crippen LogP contribution is -2.60. The molecule has 1 aliphatic heterocycles. The van der Waals surface area contributed by atoms with Crippen molar-refractivity contribution in [3.63, 3.8) is 0 Å². The van der Waals surface area contributed by atoms with Crippen molar-refractivity contribution in [3.05, 3.63) is 64.5 Å². The molecule has 1 fully saturated rings. The molecule has 15 heteroatoms. The smallest absolute Gasteiger partial charge is 0.416 e. The van der Waals surface area contributed by atoms with Crippen LogP contribution in [0.15, 0.2) is 30.3 Å². The van der Waals surface area contributed by atoms with Gasteiger partial charge >= 0.3 is 18.4 Å². The average Bonchev–Trinajstić information content (AvgIpc) is 2.77. The zero-order valence-corrected chi connectivity index (χ0v) is 18.6. The fraction of sp³-hybridized carbons (Fsp3) is 0.364. The van der Waals surface area contributed by atoms with Gasteiger partial charge < -0.3 is 20.2 Å². The second kappa shape index (κ2) is 10.4. The summed E-state index contributed by atoms with van der Waals surface area (Å²) in [6.45, 7) is -1.69. The van der Waals surface area contributed by atoms with Gasteiger partial charge in [-0.1, -0.05) is 0 Å². The van der Waals surface area contributed by atoms with Crippen LogP contribution in [0.4, 0.5) is 50.0 Å². The highest BCUT2D eigenvalue weighted by atomic mass is 19.4. The normalized spacial score (nSPS) is 16.6. The zero-order chi connectivity index (χ0) is 27.7. The summed E-state index contributed by atoms with van der Waals surface area (Å²) < 4.78 is 120. The first-order chi connectivity index (χ1) is 17.1. The van der Waals surface area contributed by atoms with E-state index < -0.39 is 89.7 Å². The summed E-state index contributed by atoms with van der Waals surface area (Å²) in [5.74, 6) is -4.95. The number of carbonyl (C=O) groups is 2. The third kappa shape index (κ3) is 6.57. The van der Waals surface area contributed by atoms with E-state index in [9.17, 15) is 54.2 Å². The van der Waals surface area contributed by atoms with Gasteiger partial charge in [-0.2, -0.15) is 26.3 Å². The molecule has 1 atom stereocenters. The quantitative estimate of drug-likeness (QED) is 0.538. The zero-order valence-electron chi connectivity index (χ0n) is 18.6. The van der Waals surface area contributed by atoms with E-state index in [0.717, 1.165) is 9.80 Å². The van der Waals surface area contributed by atoms with Crippen LogP contribution in [0, 0.1) is 17.5 Å². The monoisotopic (exact) mass is 543 g/mol. The Balaban J connectivity index is 1.81. The van der Waals surface area contributed by atoms with Gasteiger partial charge in [0.05, 0.1) is 17.7 Å². The van der Waals surface area contributed by atoms with Crippen LogP contribution in [-0.2, 0) is 23.6 Å². The van der Waals surface area contributed by atoms with Gasteiger partial charge in [0, 0.05) is 31.8 Å². The maximum absolute atomic E-state index is 14.4. The summed E-state index contributed by atoms with van der Waals surface area (Å²) in [4.78, 5) is 25.9. The number of hydrogen-bond acceptors (Lipinski definition) is 3. The van der Waals surface area contributed by atoms with Crippen molar-refractivity contribution < 1.29 is 54.2 Å². The van der Waals surface area contributed by atoms with Crippen LogP contribution in [0.25, 0.3) is 0 Å². The maximum atomic E-state index is 14.4. The Kier molecular flexibility index (Phi) is 7.83. The molecule has 0 radical (unpaired) electrons. The fourth-order valence-corrected chi connectivity index (χ4v) is 3.87. The van der Waals surface area contributed by atoms with E-state index in [1.807, 2.05) is 0 Å². The first kappa shape index (κ1) is 27.9. The minimum atomic E-state index is -5.06. The molecule has 2 amide bonds. The van der Waals surface area contributed by atoms with Gasteiger partial charge in [0.25, 0.3) is 0 Å². The van der Waals surface area contributed by atoms with Crippen molar-refractivity contribution in [1.29, 1.82) is 0 Å². The molecule has 1 saturated heterocycles. The maximum Gasteiger partial charge on any atom is 0.416 e. The lowest BCUT2D eigenvalue weighted by molar-refractivity contribution is -0.143. The van der Waals surface area contributed by atoms with Crippen LogP contribution >= 0.6 is 0 Å². The third-order valence-electron chi connectivity index (χ3n) is 5.58. The third-order valence-corrected chi connectivity index (χ3v) is 5.58. The number of halogens is 9. The molecule has 0 spiro atoms. The average molecular weight is 543 g/mol. The Morgan fingerprint density at radius 3 is 1.92 bits per heavy atom. The van der Waals surface area contributed by atoms with Crippen LogP contribution in [0.1, 0.15) is 16.7 Å². The largest absolute Gasteiger partial charge is 0.465 e. The second-order valence-corrected chi connectivity index (χ2v) is 8.11. The summed E-state index contributed by atoms with van der Waals surface area (Å²) in [6, 6.07) is 0.125. The minimum absolute atomic E-state index is 0.0474. The number of amides is 2. The van der Waals surface area contributed by atoms with Gasteiger partial charge in [0.1, 0.15) is 17.5 Å². The molecule has 1 heterocycles. The Bertz CT molecular complexity index is 1130. The van der Waals surface area contributed by atoms with Gasteiger partial charge in [0.15, 0.2) is 11.6 Å². The number of carbonyl (C=O) groups excluding carboxylic acids is 1. The molecule has 2 aromatic carbocycles.